The quantitative estimate of drug-likeness (QED) is 0.896. The van der Waals surface area contributed by atoms with E-state index in [9.17, 15) is 4.79 Å². The number of rotatable bonds is 4. The van der Waals surface area contributed by atoms with Crippen LogP contribution in [0.3, 0.4) is 0 Å². The van der Waals surface area contributed by atoms with Gasteiger partial charge >= 0.3 is 5.97 Å². The molecule has 0 spiro atoms. The van der Waals surface area contributed by atoms with Crippen molar-refractivity contribution in [1.82, 2.24) is 9.78 Å². The topological polar surface area (TPSA) is 55.1 Å². The molecule has 1 heterocycles. The Hall–Kier alpha value is -2.36. The highest BCUT2D eigenvalue weighted by atomic mass is 16.4. The van der Waals surface area contributed by atoms with Gasteiger partial charge in [0, 0.05) is 6.20 Å². The van der Waals surface area contributed by atoms with Crippen molar-refractivity contribution in [3.8, 4) is 0 Å². The van der Waals surface area contributed by atoms with E-state index in [0.29, 0.717) is 12.2 Å². The monoisotopic (exact) mass is 242 g/mol. The molecule has 1 N–H and O–H groups in total. The number of carboxylic acid groups (broad SMARTS) is 1. The Balaban J connectivity index is 2.05. The van der Waals surface area contributed by atoms with Crippen LogP contribution in [0, 0.1) is 6.92 Å². The number of aromatic nitrogens is 2. The second-order valence-electron chi connectivity index (χ2n) is 3.97. The van der Waals surface area contributed by atoms with Crippen LogP contribution < -0.4 is 0 Å². The van der Waals surface area contributed by atoms with E-state index in [-0.39, 0.29) is 5.56 Å². The van der Waals surface area contributed by atoms with Crippen LogP contribution in [0.2, 0.25) is 0 Å². The minimum absolute atomic E-state index is 0.253. The van der Waals surface area contributed by atoms with Gasteiger partial charge in [0.2, 0.25) is 0 Å². The predicted molar refractivity (Wildman–Crippen MR) is 69.4 cm³/mol. The Morgan fingerprint density at radius 2 is 2.11 bits per heavy atom. The second-order valence-corrected chi connectivity index (χ2v) is 3.97. The lowest BCUT2D eigenvalue weighted by Gasteiger charge is -1.94. The highest BCUT2D eigenvalue weighted by molar-refractivity contribution is 5.88. The van der Waals surface area contributed by atoms with Crippen molar-refractivity contribution in [2.45, 2.75) is 13.5 Å². The molecule has 0 fully saturated rings. The van der Waals surface area contributed by atoms with Crippen LogP contribution in [0.1, 0.15) is 21.6 Å². The maximum atomic E-state index is 10.9. The largest absolute Gasteiger partial charge is 0.478 e. The van der Waals surface area contributed by atoms with Gasteiger partial charge in [-0.25, -0.2) is 4.79 Å². The first kappa shape index (κ1) is 12.1. The summed E-state index contributed by atoms with van der Waals surface area (Å²) in [5.74, 6) is -0.939. The molecule has 0 saturated heterocycles. The highest BCUT2D eigenvalue weighted by Gasteiger charge is 2.10. The minimum Gasteiger partial charge on any atom is -0.478 e. The summed E-state index contributed by atoms with van der Waals surface area (Å²) in [6.07, 6.45) is 5.48. The van der Waals surface area contributed by atoms with Crippen molar-refractivity contribution in [2.24, 2.45) is 0 Å². The molecule has 2 aromatic rings. The summed E-state index contributed by atoms with van der Waals surface area (Å²) < 4.78 is 1.62. The third-order valence-corrected chi connectivity index (χ3v) is 2.58. The first-order valence-electron chi connectivity index (χ1n) is 5.66. The summed E-state index contributed by atoms with van der Waals surface area (Å²) >= 11 is 0. The lowest BCUT2D eigenvalue weighted by Crippen LogP contribution is -1.96. The van der Waals surface area contributed by atoms with Crippen molar-refractivity contribution >= 4 is 12.0 Å². The van der Waals surface area contributed by atoms with E-state index < -0.39 is 5.97 Å². The van der Waals surface area contributed by atoms with Crippen LogP contribution in [-0.2, 0) is 6.54 Å². The van der Waals surface area contributed by atoms with Gasteiger partial charge in [-0.15, -0.1) is 0 Å². The van der Waals surface area contributed by atoms with Crippen molar-refractivity contribution < 1.29 is 9.90 Å². The number of benzene rings is 1. The van der Waals surface area contributed by atoms with Gasteiger partial charge in [0.05, 0.1) is 12.2 Å². The molecule has 2 rings (SSSR count). The summed E-state index contributed by atoms with van der Waals surface area (Å²) in [6, 6.07) is 9.93. The molecule has 0 aliphatic heterocycles. The molecule has 18 heavy (non-hydrogen) atoms. The van der Waals surface area contributed by atoms with E-state index in [1.54, 1.807) is 17.8 Å². The van der Waals surface area contributed by atoms with E-state index in [2.05, 4.69) is 5.10 Å². The lowest BCUT2D eigenvalue weighted by molar-refractivity contribution is 0.0696. The standard InChI is InChI=1S/C14H14N2O2/c1-11-13(14(17)18)10-16(15-11)9-5-8-12-6-3-2-4-7-12/h2-8,10H,9H2,1H3,(H,17,18). The molecule has 4 nitrogen and oxygen atoms in total. The van der Waals surface area contributed by atoms with Crippen molar-refractivity contribution in [3.63, 3.8) is 0 Å². The van der Waals surface area contributed by atoms with Crippen LogP contribution in [0.4, 0.5) is 0 Å². The SMILES string of the molecule is Cc1nn(CC=Cc2ccccc2)cc1C(=O)O. The van der Waals surface area contributed by atoms with E-state index in [1.165, 1.54) is 0 Å². The number of aromatic carboxylic acids is 1. The van der Waals surface area contributed by atoms with Crippen molar-refractivity contribution in [2.75, 3.05) is 0 Å². The number of carbonyl (C=O) groups is 1. The fourth-order valence-corrected chi connectivity index (χ4v) is 1.68. The number of nitrogens with zero attached hydrogens (tertiary/aromatic N) is 2. The molecule has 0 bridgehead atoms. The van der Waals surface area contributed by atoms with E-state index in [1.807, 2.05) is 42.5 Å². The first-order chi connectivity index (χ1) is 8.66. The zero-order valence-electron chi connectivity index (χ0n) is 10.1. The van der Waals surface area contributed by atoms with Crippen molar-refractivity contribution in [1.29, 1.82) is 0 Å². The highest BCUT2D eigenvalue weighted by Crippen LogP contribution is 2.06. The zero-order valence-corrected chi connectivity index (χ0v) is 10.1. The van der Waals surface area contributed by atoms with Gasteiger partial charge in [0.25, 0.3) is 0 Å². The Bertz CT molecular complexity index is 571. The molecule has 0 saturated carbocycles. The van der Waals surface area contributed by atoms with Crippen LogP contribution in [0.25, 0.3) is 6.08 Å². The molecule has 92 valence electrons. The van der Waals surface area contributed by atoms with Gasteiger partial charge < -0.3 is 5.11 Å². The molecule has 1 aromatic heterocycles. The molecule has 1 aromatic carbocycles. The average Bonchev–Trinajstić information content (AvgIpc) is 2.72. The molecule has 0 unspecified atom stereocenters. The van der Waals surface area contributed by atoms with Gasteiger partial charge in [-0.1, -0.05) is 42.5 Å². The minimum atomic E-state index is -0.939. The Labute approximate surface area is 105 Å². The Kier molecular flexibility index (Phi) is 3.57. The number of carboxylic acids is 1. The van der Waals surface area contributed by atoms with Crippen LogP contribution in [0.15, 0.2) is 42.6 Å². The molecule has 0 radical (unpaired) electrons. The van der Waals surface area contributed by atoms with Gasteiger partial charge in [-0.3, -0.25) is 4.68 Å². The third kappa shape index (κ3) is 2.85. The molecule has 0 atom stereocenters. The number of hydrogen-bond acceptors (Lipinski definition) is 2. The second kappa shape index (κ2) is 5.31. The predicted octanol–water partition coefficient (Wildman–Crippen LogP) is 2.60. The first-order valence-corrected chi connectivity index (χ1v) is 5.66. The fraction of sp³-hybridized carbons (Fsp3) is 0.143. The molecule has 0 aliphatic carbocycles. The van der Waals surface area contributed by atoms with Gasteiger partial charge in [-0.05, 0) is 12.5 Å². The zero-order chi connectivity index (χ0) is 13.0. The van der Waals surface area contributed by atoms with Crippen LogP contribution in [0.5, 0.6) is 0 Å². The Morgan fingerprint density at radius 3 is 2.72 bits per heavy atom. The van der Waals surface area contributed by atoms with Gasteiger partial charge in [0.1, 0.15) is 5.56 Å². The van der Waals surface area contributed by atoms with E-state index >= 15 is 0 Å². The normalized spacial score (nSPS) is 10.9. The lowest BCUT2D eigenvalue weighted by atomic mass is 10.2. The summed E-state index contributed by atoms with van der Waals surface area (Å²) in [6.45, 7) is 2.25. The summed E-state index contributed by atoms with van der Waals surface area (Å²) in [5, 5.41) is 13.1. The maximum Gasteiger partial charge on any atom is 0.339 e. The summed E-state index contributed by atoms with van der Waals surface area (Å²) in [5.41, 5.74) is 1.90. The molecule has 0 aliphatic rings. The van der Waals surface area contributed by atoms with Gasteiger partial charge in [-0.2, -0.15) is 5.10 Å². The summed E-state index contributed by atoms with van der Waals surface area (Å²) in [4.78, 5) is 10.9. The molecular weight excluding hydrogens is 228 g/mol. The van der Waals surface area contributed by atoms with E-state index in [4.69, 9.17) is 5.11 Å². The molecule has 4 heteroatoms. The van der Waals surface area contributed by atoms with Gasteiger partial charge in [0.15, 0.2) is 0 Å². The number of aryl methyl sites for hydroxylation is 1. The molecule has 0 amide bonds. The summed E-state index contributed by atoms with van der Waals surface area (Å²) in [7, 11) is 0. The number of hydrogen-bond donors (Lipinski definition) is 1. The maximum absolute atomic E-state index is 10.9. The number of allylic oxidation sites excluding steroid dienone is 1. The average molecular weight is 242 g/mol. The van der Waals surface area contributed by atoms with Crippen LogP contribution in [-0.4, -0.2) is 20.9 Å². The van der Waals surface area contributed by atoms with Crippen molar-refractivity contribution in [3.05, 3.63) is 59.4 Å². The smallest absolute Gasteiger partial charge is 0.339 e. The third-order valence-electron chi connectivity index (χ3n) is 2.58. The van der Waals surface area contributed by atoms with E-state index in [0.717, 1.165) is 5.56 Å². The molecular formula is C14H14N2O2. The fourth-order valence-electron chi connectivity index (χ4n) is 1.68. The van der Waals surface area contributed by atoms with Crippen LogP contribution >= 0.6 is 0 Å². The Morgan fingerprint density at radius 1 is 1.39 bits per heavy atom.